The Kier molecular flexibility index (Phi) is 5.21. The lowest BCUT2D eigenvalue weighted by molar-refractivity contribution is 0.0602. The highest BCUT2D eigenvalue weighted by Gasteiger charge is 2.10. The monoisotopic (exact) mass is 285 g/mol. The molecule has 110 valence electrons. The molecule has 0 amide bonds. The molecular formula is C17H19NO3. The number of methoxy groups -OCH3 is 1. The summed E-state index contributed by atoms with van der Waals surface area (Å²) in [4.78, 5) is 11.7. The van der Waals surface area contributed by atoms with Gasteiger partial charge >= 0.3 is 5.97 Å². The summed E-state index contributed by atoms with van der Waals surface area (Å²) in [7, 11) is 1.38. The molecule has 0 saturated carbocycles. The maximum absolute atomic E-state index is 11.7. The van der Waals surface area contributed by atoms with Crippen molar-refractivity contribution >= 4 is 11.7 Å². The number of nitrogens with one attached hydrogen (secondary N) is 1. The first kappa shape index (κ1) is 14.9. The summed E-state index contributed by atoms with van der Waals surface area (Å²) >= 11 is 0. The van der Waals surface area contributed by atoms with Gasteiger partial charge in [0.1, 0.15) is 5.75 Å². The molecule has 0 aromatic heterocycles. The molecule has 0 radical (unpaired) electrons. The highest BCUT2D eigenvalue weighted by Crippen LogP contribution is 2.19. The van der Waals surface area contributed by atoms with Gasteiger partial charge in [-0.25, -0.2) is 4.79 Å². The van der Waals surface area contributed by atoms with Crippen molar-refractivity contribution in [3.8, 4) is 5.75 Å². The van der Waals surface area contributed by atoms with Gasteiger partial charge in [0.15, 0.2) is 0 Å². The van der Waals surface area contributed by atoms with Crippen LogP contribution in [0.5, 0.6) is 5.75 Å². The van der Waals surface area contributed by atoms with Crippen molar-refractivity contribution in [2.75, 3.05) is 19.0 Å². The third-order valence-corrected chi connectivity index (χ3v) is 3.02. The van der Waals surface area contributed by atoms with E-state index < -0.39 is 0 Å². The highest BCUT2D eigenvalue weighted by atomic mass is 16.5. The van der Waals surface area contributed by atoms with Crippen LogP contribution in [-0.2, 0) is 11.3 Å². The van der Waals surface area contributed by atoms with E-state index in [1.807, 2.05) is 49.4 Å². The van der Waals surface area contributed by atoms with Gasteiger partial charge in [0, 0.05) is 12.2 Å². The quantitative estimate of drug-likeness (QED) is 0.825. The molecule has 2 rings (SSSR count). The first-order chi connectivity index (χ1) is 10.2. The zero-order valence-electron chi connectivity index (χ0n) is 12.3. The molecule has 0 saturated heterocycles. The van der Waals surface area contributed by atoms with E-state index in [1.165, 1.54) is 7.11 Å². The Morgan fingerprint density at radius 2 is 1.95 bits per heavy atom. The normalized spacial score (nSPS) is 10.0. The van der Waals surface area contributed by atoms with Crippen LogP contribution in [0.1, 0.15) is 22.8 Å². The van der Waals surface area contributed by atoms with E-state index in [4.69, 9.17) is 9.47 Å². The van der Waals surface area contributed by atoms with Crippen LogP contribution in [0.15, 0.2) is 48.5 Å². The number of esters is 1. The summed E-state index contributed by atoms with van der Waals surface area (Å²) in [5, 5.41) is 3.26. The SMILES string of the molecule is CCOc1cccc(CNc2ccccc2C(=O)OC)c1. The number of carbonyl (C=O) groups excluding carboxylic acids is 1. The van der Waals surface area contributed by atoms with E-state index in [-0.39, 0.29) is 5.97 Å². The summed E-state index contributed by atoms with van der Waals surface area (Å²) in [6.45, 7) is 3.20. The smallest absolute Gasteiger partial charge is 0.339 e. The van der Waals surface area contributed by atoms with E-state index in [9.17, 15) is 4.79 Å². The number of ether oxygens (including phenoxy) is 2. The summed E-state index contributed by atoms with van der Waals surface area (Å²) in [6.07, 6.45) is 0. The molecule has 0 aliphatic rings. The fourth-order valence-corrected chi connectivity index (χ4v) is 2.03. The molecule has 0 bridgehead atoms. The minimum atomic E-state index is -0.346. The van der Waals surface area contributed by atoms with Gasteiger partial charge < -0.3 is 14.8 Å². The van der Waals surface area contributed by atoms with Gasteiger partial charge in [-0.15, -0.1) is 0 Å². The Morgan fingerprint density at radius 3 is 2.71 bits per heavy atom. The average molecular weight is 285 g/mol. The van der Waals surface area contributed by atoms with Crippen LogP contribution in [0.3, 0.4) is 0 Å². The molecule has 2 aromatic rings. The third kappa shape index (κ3) is 3.99. The maximum Gasteiger partial charge on any atom is 0.339 e. The summed E-state index contributed by atoms with van der Waals surface area (Å²) < 4.78 is 10.3. The van der Waals surface area contributed by atoms with Crippen LogP contribution in [0, 0.1) is 0 Å². The molecule has 4 heteroatoms. The van der Waals surface area contributed by atoms with Crippen molar-refractivity contribution in [3.05, 3.63) is 59.7 Å². The Bertz CT molecular complexity index is 610. The van der Waals surface area contributed by atoms with Gasteiger partial charge in [-0.3, -0.25) is 0 Å². The van der Waals surface area contributed by atoms with Crippen molar-refractivity contribution in [1.29, 1.82) is 0 Å². The van der Waals surface area contributed by atoms with E-state index in [1.54, 1.807) is 6.07 Å². The molecular weight excluding hydrogens is 266 g/mol. The van der Waals surface area contributed by atoms with Crippen molar-refractivity contribution < 1.29 is 14.3 Å². The first-order valence-corrected chi connectivity index (χ1v) is 6.87. The largest absolute Gasteiger partial charge is 0.494 e. The summed E-state index contributed by atoms with van der Waals surface area (Å²) in [5.74, 6) is 0.499. The first-order valence-electron chi connectivity index (χ1n) is 6.87. The number of hydrogen-bond acceptors (Lipinski definition) is 4. The Morgan fingerprint density at radius 1 is 1.14 bits per heavy atom. The summed E-state index contributed by atoms with van der Waals surface area (Å²) in [6, 6.07) is 15.2. The molecule has 0 atom stereocenters. The fraction of sp³-hybridized carbons (Fsp3) is 0.235. The molecule has 0 heterocycles. The lowest BCUT2D eigenvalue weighted by Crippen LogP contribution is -2.08. The second kappa shape index (κ2) is 7.33. The maximum atomic E-state index is 11.7. The lowest BCUT2D eigenvalue weighted by atomic mass is 10.1. The number of rotatable bonds is 6. The average Bonchev–Trinajstić information content (AvgIpc) is 2.53. The van der Waals surface area contributed by atoms with Crippen molar-refractivity contribution in [1.82, 2.24) is 0 Å². The molecule has 0 aliphatic carbocycles. The Hall–Kier alpha value is -2.49. The number of anilines is 1. The van der Waals surface area contributed by atoms with Crippen LogP contribution >= 0.6 is 0 Å². The third-order valence-electron chi connectivity index (χ3n) is 3.02. The van der Waals surface area contributed by atoms with Gasteiger partial charge in [0.25, 0.3) is 0 Å². The number of hydrogen-bond donors (Lipinski definition) is 1. The predicted molar refractivity (Wildman–Crippen MR) is 82.7 cm³/mol. The molecule has 2 aromatic carbocycles. The van der Waals surface area contributed by atoms with E-state index in [0.29, 0.717) is 18.7 Å². The topological polar surface area (TPSA) is 47.6 Å². The highest BCUT2D eigenvalue weighted by molar-refractivity contribution is 5.95. The predicted octanol–water partition coefficient (Wildman–Crippen LogP) is 3.48. The van der Waals surface area contributed by atoms with Gasteiger partial charge in [0.2, 0.25) is 0 Å². The molecule has 4 nitrogen and oxygen atoms in total. The van der Waals surface area contributed by atoms with Gasteiger partial charge in [-0.05, 0) is 36.8 Å². The van der Waals surface area contributed by atoms with E-state index in [0.717, 1.165) is 17.0 Å². The standard InChI is InChI=1S/C17H19NO3/c1-3-21-14-8-6-7-13(11-14)12-18-16-10-5-4-9-15(16)17(19)20-2/h4-11,18H,3,12H2,1-2H3. The van der Waals surface area contributed by atoms with Crippen molar-refractivity contribution in [3.63, 3.8) is 0 Å². The molecule has 0 aliphatic heterocycles. The summed E-state index contributed by atoms with van der Waals surface area (Å²) in [5.41, 5.74) is 2.37. The molecule has 21 heavy (non-hydrogen) atoms. The van der Waals surface area contributed by atoms with Crippen LogP contribution in [0.2, 0.25) is 0 Å². The van der Waals surface area contributed by atoms with Gasteiger partial charge in [-0.2, -0.15) is 0 Å². The Labute approximate surface area is 124 Å². The van der Waals surface area contributed by atoms with Gasteiger partial charge in [0.05, 0.1) is 19.3 Å². The second-order valence-corrected chi connectivity index (χ2v) is 4.47. The minimum absolute atomic E-state index is 0.346. The van der Waals surface area contributed by atoms with E-state index in [2.05, 4.69) is 5.32 Å². The van der Waals surface area contributed by atoms with Crippen molar-refractivity contribution in [2.24, 2.45) is 0 Å². The molecule has 0 fully saturated rings. The van der Waals surface area contributed by atoms with E-state index >= 15 is 0 Å². The number of para-hydroxylation sites is 1. The minimum Gasteiger partial charge on any atom is -0.494 e. The lowest BCUT2D eigenvalue weighted by Gasteiger charge is -2.11. The fourth-order valence-electron chi connectivity index (χ4n) is 2.03. The van der Waals surface area contributed by atoms with Crippen LogP contribution in [0.25, 0.3) is 0 Å². The van der Waals surface area contributed by atoms with Crippen molar-refractivity contribution in [2.45, 2.75) is 13.5 Å². The van der Waals surface area contributed by atoms with Crippen LogP contribution in [0.4, 0.5) is 5.69 Å². The Balaban J connectivity index is 2.09. The zero-order chi connectivity index (χ0) is 15.1. The second-order valence-electron chi connectivity index (χ2n) is 4.47. The van der Waals surface area contributed by atoms with Crippen LogP contribution in [-0.4, -0.2) is 19.7 Å². The zero-order valence-corrected chi connectivity index (χ0v) is 12.3. The number of benzene rings is 2. The molecule has 0 unspecified atom stereocenters. The number of carbonyl (C=O) groups is 1. The van der Waals surface area contributed by atoms with Gasteiger partial charge in [-0.1, -0.05) is 24.3 Å². The van der Waals surface area contributed by atoms with Crippen LogP contribution < -0.4 is 10.1 Å². The molecule has 0 spiro atoms. The molecule has 1 N–H and O–H groups in total.